The van der Waals surface area contributed by atoms with Crippen LogP contribution in [0.25, 0.3) is 11.0 Å². The average molecular weight is 417 g/mol. The molecule has 0 aliphatic rings. The van der Waals surface area contributed by atoms with Gasteiger partial charge in [0.05, 0.1) is 13.2 Å². The van der Waals surface area contributed by atoms with Crippen molar-refractivity contribution >= 4 is 11.0 Å². The monoisotopic (exact) mass is 417 g/mol. The summed E-state index contributed by atoms with van der Waals surface area (Å²) >= 11 is 0. The Morgan fingerprint density at radius 2 is 1.81 bits per heavy atom. The predicted molar refractivity (Wildman–Crippen MR) is 120 cm³/mol. The number of rotatable bonds is 7. The minimum atomic E-state index is -0.424. The maximum atomic E-state index is 14.0. The Kier molecular flexibility index (Phi) is 6.14. The highest BCUT2D eigenvalue weighted by Crippen LogP contribution is 2.26. The van der Waals surface area contributed by atoms with Crippen molar-refractivity contribution < 1.29 is 13.5 Å². The molecule has 1 aromatic heterocycles. The number of hydrogen-bond acceptors (Lipinski definition) is 4. The smallest absolute Gasteiger partial charge is 0.336 e. The lowest BCUT2D eigenvalue weighted by Crippen LogP contribution is -2.23. The van der Waals surface area contributed by atoms with E-state index in [1.165, 1.54) is 23.8 Å². The molecule has 0 bridgehead atoms. The van der Waals surface area contributed by atoms with Gasteiger partial charge in [-0.05, 0) is 52.9 Å². The fraction of sp³-hybridized carbons (Fsp3) is 0.192. The molecule has 0 fully saturated rings. The first-order valence-corrected chi connectivity index (χ1v) is 10.3. The summed E-state index contributed by atoms with van der Waals surface area (Å²) in [6.45, 7) is 2.52. The van der Waals surface area contributed by atoms with Crippen LogP contribution in [0.2, 0.25) is 0 Å². The molecule has 5 heteroatoms. The van der Waals surface area contributed by atoms with Crippen LogP contribution in [0.15, 0.2) is 82.0 Å². The molecule has 4 aromatic rings. The zero-order valence-corrected chi connectivity index (χ0v) is 17.5. The second kappa shape index (κ2) is 9.14. The second-order valence-corrected chi connectivity index (χ2v) is 7.42. The first kappa shape index (κ1) is 20.8. The summed E-state index contributed by atoms with van der Waals surface area (Å²) in [4.78, 5) is 12.1. The van der Waals surface area contributed by atoms with Crippen molar-refractivity contribution in [1.82, 2.24) is 5.32 Å². The third kappa shape index (κ3) is 4.67. The Morgan fingerprint density at radius 1 is 1.00 bits per heavy atom. The summed E-state index contributed by atoms with van der Waals surface area (Å²) in [6, 6.07) is 21.5. The molecule has 0 aliphatic carbocycles. The van der Waals surface area contributed by atoms with Crippen molar-refractivity contribution in [3.05, 3.63) is 111 Å². The maximum Gasteiger partial charge on any atom is 0.336 e. The molecule has 0 saturated heterocycles. The highest BCUT2D eigenvalue weighted by atomic mass is 19.1. The molecule has 158 valence electrons. The largest absolute Gasteiger partial charge is 0.497 e. The standard InChI is InChI=1S/C26H24FNO3/c1-3-17-7-9-18(10-8-17)26(19-5-4-6-21(27)13-19)28-16-20-14-25(29)31-24-15-22(30-2)11-12-23(20)24/h4-15,26,28H,3,16H2,1-2H3/t26-/m1/s1. The summed E-state index contributed by atoms with van der Waals surface area (Å²) in [7, 11) is 1.57. The van der Waals surface area contributed by atoms with E-state index in [0.29, 0.717) is 17.9 Å². The Balaban J connectivity index is 1.70. The van der Waals surface area contributed by atoms with Crippen LogP contribution in [-0.4, -0.2) is 7.11 Å². The molecule has 0 saturated carbocycles. The van der Waals surface area contributed by atoms with Crippen LogP contribution in [0, 0.1) is 5.82 Å². The van der Waals surface area contributed by atoms with Crippen molar-refractivity contribution in [1.29, 1.82) is 0 Å². The summed E-state index contributed by atoms with van der Waals surface area (Å²) in [5, 5.41) is 4.33. The van der Waals surface area contributed by atoms with Gasteiger partial charge in [0.15, 0.2) is 0 Å². The Bertz CT molecular complexity index is 1250. The molecule has 0 spiro atoms. The number of hydrogen-bond donors (Lipinski definition) is 1. The summed E-state index contributed by atoms with van der Waals surface area (Å²) < 4.78 is 24.5. The lowest BCUT2D eigenvalue weighted by Gasteiger charge is -2.21. The van der Waals surface area contributed by atoms with Gasteiger partial charge in [-0.25, -0.2) is 9.18 Å². The van der Waals surface area contributed by atoms with Crippen LogP contribution in [-0.2, 0) is 13.0 Å². The molecule has 0 aliphatic heterocycles. The van der Waals surface area contributed by atoms with Crippen molar-refractivity contribution in [2.45, 2.75) is 25.9 Å². The third-order valence-electron chi connectivity index (χ3n) is 5.44. The topological polar surface area (TPSA) is 51.5 Å². The van der Waals surface area contributed by atoms with E-state index in [0.717, 1.165) is 28.5 Å². The minimum Gasteiger partial charge on any atom is -0.497 e. The number of ether oxygens (including phenoxy) is 1. The van der Waals surface area contributed by atoms with Crippen molar-refractivity contribution in [2.75, 3.05) is 7.11 Å². The van der Waals surface area contributed by atoms with Gasteiger partial charge in [-0.3, -0.25) is 0 Å². The normalized spacial score (nSPS) is 12.1. The van der Waals surface area contributed by atoms with E-state index in [4.69, 9.17) is 9.15 Å². The molecule has 1 atom stereocenters. The summed E-state index contributed by atoms with van der Waals surface area (Å²) in [5.41, 5.74) is 3.93. The van der Waals surface area contributed by atoms with Gasteiger partial charge in [-0.2, -0.15) is 0 Å². The highest BCUT2D eigenvalue weighted by molar-refractivity contribution is 5.81. The third-order valence-corrected chi connectivity index (χ3v) is 5.44. The molecule has 3 aromatic carbocycles. The van der Waals surface area contributed by atoms with Gasteiger partial charge in [0.1, 0.15) is 17.1 Å². The maximum absolute atomic E-state index is 14.0. The number of halogens is 1. The molecule has 0 amide bonds. The lowest BCUT2D eigenvalue weighted by atomic mass is 9.96. The molecule has 1 N–H and O–H groups in total. The zero-order valence-electron chi connectivity index (χ0n) is 17.5. The molecular weight excluding hydrogens is 393 g/mol. The Hall–Kier alpha value is -3.44. The van der Waals surface area contributed by atoms with E-state index in [-0.39, 0.29) is 11.9 Å². The lowest BCUT2D eigenvalue weighted by molar-refractivity contribution is 0.414. The summed E-state index contributed by atoms with van der Waals surface area (Å²) in [5.74, 6) is 0.335. The fourth-order valence-electron chi connectivity index (χ4n) is 3.76. The van der Waals surface area contributed by atoms with Crippen molar-refractivity contribution in [3.8, 4) is 5.75 Å². The van der Waals surface area contributed by atoms with Gasteiger partial charge in [-0.15, -0.1) is 0 Å². The van der Waals surface area contributed by atoms with Crippen LogP contribution >= 0.6 is 0 Å². The first-order chi connectivity index (χ1) is 15.1. The van der Waals surface area contributed by atoms with Crippen LogP contribution in [0.1, 0.15) is 35.2 Å². The number of aryl methyl sites for hydroxylation is 1. The molecule has 4 nitrogen and oxygen atoms in total. The van der Waals surface area contributed by atoms with E-state index in [2.05, 4.69) is 36.5 Å². The Morgan fingerprint density at radius 3 is 2.52 bits per heavy atom. The van der Waals surface area contributed by atoms with Crippen molar-refractivity contribution in [2.24, 2.45) is 0 Å². The number of nitrogens with one attached hydrogen (secondary N) is 1. The van der Waals surface area contributed by atoms with E-state index >= 15 is 0 Å². The second-order valence-electron chi connectivity index (χ2n) is 7.42. The quantitative estimate of drug-likeness (QED) is 0.410. The molecule has 4 rings (SSSR count). The van der Waals surface area contributed by atoms with E-state index in [1.54, 1.807) is 19.2 Å². The molecular formula is C26H24FNO3. The van der Waals surface area contributed by atoms with Crippen LogP contribution in [0.3, 0.4) is 0 Å². The van der Waals surface area contributed by atoms with Crippen LogP contribution in [0.4, 0.5) is 4.39 Å². The van der Waals surface area contributed by atoms with Gasteiger partial charge in [0.2, 0.25) is 0 Å². The highest BCUT2D eigenvalue weighted by Gasteiger charge is 2.16. The first-order valence-electron chi connectivity index (χ1n) is 10.3. The number of benzene rings is 3. The Labute approximate surface area is 180 Å². The zero-order chi connectivity index (χ0) is 21.8. The van der Waals surface area contributed by atoms with E-state index in [1.807, 2.05) is 18.2 Å². The SMILES string of the molecule is CCc1ccc([C@@H](NCc2cc(=O)oc3cc(OC)ccc23)c2cccc(F)c2)cc1. The molecule has 1 heterocycles. The van der Waals surface area contributed by atoms with Gasteiger partial charge >= 0.3 is 5.63 Å². The van der Waals surface area contributed by atoms with Crippen LogP contribution in [0.5, 0.6) is 5.75 Å². The minimum absolute atomic E-state index is 0.234. The fourth-order valence-corrected chi connectivity index (χ4v) is 3.76. The van der Waals surface area contributed by atoms with Crippen molar-refractivity contribution in [3.63, 3.8) is 0 Å². The van der Waals surface area contributed by atoms with Gasteiger partial charge in [0.25, 0.3) is 0 Å². The predicted octanol–water partition coefficient (Wildman–Crippen LogP) is 5.38. The molecule has 0 radical (unpaired) electrons. The molecule has 31 heavy (non-hydrogen) atoms. The van der Waals surface area contributed by atoms with E-state index < -0.39 is 5.63 Å². The van der Waals surface area contributed by atoms with Gasteiger partial charge in [-0.1, -0.05) is 43.3 Å². The number of methoxy groups -OCH3 is 1. The van der Waals surface area contributed by atoms with Gasteiger partial charge in [0, 0.05) is 24.1 Å². The van der Waals surface area contributed by atoms with E-state index in [9.17, 15) is 9.18 Å². The van der Waals surface area contributed by atoms with Crippen LogP contribution < -0.4 is 15.7 Å². The molecule has 0 unspecified atom stereocenters. The summed E-state index contributed by atoms with van der Waals surface area (Å²) in [6.07, 6.45) is 0.952. The average Bonchev–Trinajstić information content (AvgIpc) is 2.79. The number of fused-ring (bicyclic) bond motifs is 1. The van der Waals surface area contributed by atoms with Gasteiger partial charge < -0.3 is 14.5 Å².